The summed E-state index contributed by atoms with van der Waals surface area (Å²) in [4.78, 5) is 12.2. The van der Waals surface area contributed by atoms with Crippen LogP contribution in [0.4, 0.5) is 17.6 Å². The van der Waals surface area contributed by atoms with Crippen LogP contribution in [0, 0.1) is 29.6 Å². The van der Waals surface area contributed by atoms with Gasteiger partial charge >= 0.3 is 17.1 Å². The molecule has 0 radical (unpaired) electrons. The molecule has 4 nitrogen and oxygen atoms in total. The first-order valence-corrected chi connectivity index (χ1v) is 9.36. The molecule has 4 bridgehead atoms. The van der Waals surface area contributed by atoms with Crippen molar-refractivity contribution in [1.29, 1.82) is 0 Å². The summed E-state index contributed by atoms with van der Waals surface area (Å²) >= 11 is 0. The zero-order valence-corrected chi connectivity index (χ0v) is 13.8. The van der Waals surface area contributed by atoms with E-state index < -0.39 is 40.9 Å². The van der Waals surface area contributed by atoms with Crippen LogP contribution in [0.2, 0.25) is 0 Å². The van der Waals surface area contributed by atoms with Gasteiger partial charge in [-0.1, -0.05) is 0 Å². The van der Waals surface area contributed by atoms with Gasteiger partial charge in [0.25, 0.3) is 0 Å². The van der Waals surface area contributed by atoms with Crippen molar-refractivity contribution >= 4 is 16.7 Å². The van der Waals surface area contributed by atoms with Crippen LogP contribution in [-0.4, -0.2) is 32.2 Å². The van der Waals surface area contributed by atoms with Crippen LogP contribution in [0.25, 0.3) is 0 Å². The summed E-state index contributed by atoms with van der Waals surface area (Å²) in [7, 11) is -4.61. The van der Waals surface area contributed by atoms with E-state index in [2.05, 4.69) is 0 Å². The van der Waals surface area contributed by atoms with Crippen LogP contribution >= 0.6 is 0 Å². The lowest BCUT2D eigenvalue weighted by Gasteiger charge is -2.53. The maximum atomic E-state index is 13.3. The van der Waals surface area contributed by atoms with E-state index in [0.717, 1.165) is 25.7 Å². The summed E-state index contributed by atoms with van der Waals surface area (Å²) in [5, 5.41) is -5.14. The standard InChI is InChI=1S/C15H20F4O4S/c16-14(17,15(18,19)24(21)22)1-2-23-13(20)12-10-4-8-3-9(6-10)7-11(12)5-8/h8-12,24H,1-7H2. The van der Waals surface area contributed by atoms with Gasteiger partial charge in [-0.3, -0.25) is 4.79 Å². The van der Waals surface area contributed by atoms with Crippen molar-refractivity contribution in [3.05, 3.63) is 0 Å². The second kappa shape index (κ2) is 6.14. The lowest BCUT2D eigenvalue weighted by Crippen LogP contribution is -2.48. The maximum absolute atomic E-state index is 13.3. The molecule has 24 heavy (non-hydrogen) atoms. The number of halogens is 4. The monoisotopic (exact) mass is 372 g/mol. The van der Waals surface area contributed by atoms with Crippen molar-refractivity contribution in [3.63, 3.8) is 0 Å². The molecule has 4 rings (SSSR count). The highest BCUT2D eigenvalue weighted by Crippen LogP contribution is 2.56. The third kappa shape index (κ3) is 3.04. The van der Waals surface area contributed by atoms with E-state index in [9.17, 15) is 30.8 Å². The lowest BCUT2D eigenvalue weighted by molar-refractivity contribution is -0.178. The fourth-order valence-corrected chi connectivity index (χ4v) is 5.35. The summed E-state index contributed by atoms with van der Waals surface area (Å²) < 4.78 is 77.9. The van der Waals surface area contributed by atoms with Crippen LogP contribution in [-0.2, 0) is 20.2 Å². The molecule has 0 atom stereocenters. The Balaban J connectivity index is 1.55. The lowest BCUT2D eigenvalue weighted by atomic mass is 9.52. The normalized spacial score (nSPS) is 35.5. The Bertz CT molecular complexity index is 554. The van der Waals surface area contributed by atoms with Gasteiger partial charge in [-0.2, -0.15) is 17.6 Å². The Hall–Kier alpha value is -0.860. The zero-order chi connectivity index (χ0) is 17.7. The zero-order valence-electron chi connectivity index (χ0n) is 12.9. The van der Waals surface area contributed by atoms with Gasteiger partial charge in [-0.15, -0.1) is 0 Å². The quantitative estimate of drug-likeness (QED) is 0.443. The summed E-state index contributed by atoms with van der Waals surface area (Å²) in [5.41, 5.74) is 0. The molecule has 9 heteroatoms. The van der Waals surface area contributed by atoms with E-state index in [1.54, 1.807) is 0 Å². The van der Waals surface area contributed by atoms with E-state index in [1.165, 1.54) is 6.42 Å². The Labute approximate surface area is 138 Å². The van der Waals surface area contributed by atoms with E-state index in [0.29, 0.717) is 11.8 Å². The largest absolute Gasteiger partial charge is 0.465 e. The Morgan fingerprint density at radius 2 is 1.46 bits per heavy atom. The van der Waals surface area contributed by atoms with Gasteiger partial charge in [0.2, 0.25) is 10.7 Å². The van der Waals surface area contributed by atoms with Crippen LogP contribution in [0.15, 0.2) is 0 Å². The second-order valence-electron chi connectivity index (χ2n) is 7.38. The van der Waals surface area contributed by atoms with E-state index >= 15 is 0 Å². The molecular weight excluding hydrogens is 352 g/mol. The predicted molar refractivity (Wildman–Crippen MR) is 76.3 cm³/mol. The van der Waals surface area contributed by atoms with Gasteiger partial charge in [0.05, 0.1) is 18.9 Å². The molecule has 4 fully saturated rings. The van der Waals surface area contributed by atoms with Crippen molar-refractivity contribution in [2.45, 2.75) is 49.7 Å². The molecule has 4 saturated carbocycles. The first kappa shape index (κ1) is 17.9. The first-order chi connectivity index (χ1) is 11.1. The number of hydrogen-bond donors (Lipinski definition) is 1. The number of carbonyl (C=O) groups excluding carboxylic acids is 1. The van der Waals surface area contributed by atoms with Crippen LogP contribution in [0.5, 0.6) is 0 Å². The number of carbonyl (C=O) groups is 1. The molecule has 4 aliphatic carbocycles. The van der Waals surface area contributed by atoms with Gasteiger partial charge in [-0.05, 0) is 55.8 Å². The average Bonchev–Trinajstić information content (AvgIpc) is 2.45. The topological polar surface area (TPSA) is 60.4 Å². The minimum Gasteiger partial charge on any atom is -0.465 e. The Morgan fingerprint density at radius 1 is 0.958 bits per heavy atom. The Kier molecular flexibility index (Phi) is 4.59. The summed E-state index contributed by atoms with van der Waals surface area (Å²) in [6.07, 6.45) is 3.45. The summed E-state index contributed by atoms with van der Waals surface area (Å²) in [5.74, 6) is -4.02. The molecular formula is C15H20F4O4S. The molecule has 0 heterocycles. The maximum Gasteiger partial charge on any atom is 0.404 e. The molecule has 0 aromatic carbocycles. The van der Waals surface area contributed by atoms with Crippen LogP contribution in [0.3, 0.4) is 0 Å². The van der Waals surface area contributed by atoms with Crippen molar-refractivity contribution in [3.8, 4) is 0 Å². The van der Waals surface area contributed by atoms with Crippen LogP contribution in [0.1, 0.15) is 38.5 Å². The van der Waals surface area contributed by atoms with E-state index in [-0.39, 0.29) is 17.8 Å². The number of ether oxygens (including phenoxy) is 1. The van der Waals surface area contributed by atoms with Crippen molar-refractivity contribution in [1.82, 2.24) is 0 Å². The first-order valence-electron chi connectivity index (χ1n) is 8.18. The number of hydrogen-bond acceptors (Lipinski definition) is 4. The third-order valence-corrected chi connectivity index (χ3v) is 6.61. The highest BCUT2D eigenvalue weighted by Gasteiger charge is 2.59. The van der Waals surface area contributed by atoms with E-state index in [4.69, 9.17) is 4.74 Å². The number of thiol groups is 1. The number of rotatable bonds is 6. The molecule has 0 aromatic rings. The van der Waals surface area contributed by atoms with Gasteiger partial charge in [0, 0.05) is 0 Å². The summed E-state index contributed by atoms with van der Waals surface area (Å²) in [6, 6.07) is 0. The minimum absolute atomic E-state index is 0.201. The highest BCUT2D eigenvalue weighted by atomic mass is 32.2. The van der Waals surface area contributed by atoms with E-state index in [1.807, 2.05) is 0 Å². The smallest absolute Gasteiger partial charge is 0.404 e. The molecule has 0 amide bonds. The van der Waals surface area contributed by atoms with Crippen molar-refractivity contribution in [2.24, 2.45) is 29.6 Å². The fraction of sp³-hybridized carbons (Fsp3) is 0.933. The fourth-order valence-electron chi connectivity index (χ4n) is 4.97. The SMILES string of the molecule is O=C(OCCC(F)(F)C(F)(F)[SH](=O)=O)C1C2CC3CC(C2)CC1C3. The molecule has 0 saturated heterocycles. The summed E-state index contributed by atoms with van der Waals surface area (Å²) in [6.45, 7) is -0.909. The van der Waals surface area contributed by atoms with Gasteiger partial charge in [-0.25, -0.2) is 8.42 Å². The highest BCUT2D eigenvalue weighted by molar-refractivity contribution is 7.73. The van der Waals surface area contributed by atoms with Crippen molar-refractivity contribution < 1.29 is 35.5 Å². The van der Waals surface area contributed by atoms with Crippen LogP contribution < -0.4 is 0 Å². The molecule has 138 valence electrons. The number of esters is 1. The second-order valence-corrected chi connectivity index (χ2v) is 8.45. The number of alkyl halides is 4. The molecule has 0 aliphatic heterocycles. The third-order valence-electron chi connectivity index (χ3n) is 5.83. The van der Waals surface area contributed by atoms with Gasteiger partial charge in [0.15, 0.2) is 0 Å². The Morgan fingerprint density at radius 3 is 1.92 bits per heavy atom. The van der Waals surface area contributed by atoms with Crippen molar-refractivity contribution in [2.75, 3.05) is 6.61 Å². The predicted octanol–water partition coefficient (Wildman–Crippen LogP) is 2.83. The molecule has 4 aliphatic rings. The molecule has 0 spiro atoms. The molecule has 0 aromatic heterocycles. The molecule has 0 unspecified atom stereocenters. The average molecular weight is 372 g/mol. The van der Waals surface area contributed by atoms with Gasteiger partial charge in [0.1, 0.15) is 0 Å². The molecule has 0 N–H and O–H groups in total. The minimum atomic E-state index is -5.14. The van der Waals surface area contributed by atoms with Gasteiger partial charge < -0.3 is 4.74 Å².